The first kappa shape index (κ1) is 9.10. The molecule has 0 N–H and O–H groups in total. The summed E-state index contributed by atoms with van der Waals surface area (Å²) in [7, 11) is 0.416. The number of aryl methyl sites for hydroxylation is 1. The lowest BCUT2D eigenvalue weighted by Crippen LogP contribution is -2.01. The first-order valence-electron chi connectivity index (χ1n) is 3.85. The van der Waals surface area contributed by atoms with Crippen LogP contribution in [0.5, 0.6) is 0 Å². The second-order valence-electron chi connectivity index (χ2n) is 2.87. The second kappa shape index (κ2) is 4.14. The molecule has 0 saturated carbocycles. The first-order chi connectivity index (χ1) is 5.18. The van der Waals surface area contributed by atoms with Crippen molar-refractivity contribution in [1.82, 2.24) is 0 Å². The zero-order valence-electron chi connectivity index (χ0n) is 7.26. The van der Waals surface area contributed by atoms with E-state index >= 15 is 0 Å². The van der Waals surface area contributed by atoms with Gasteiger partial charge in [-0.1, -0.05) is 5.68 Å². The molecule has 0 aliphatic heterocycles. The Morgan fingerprint density at radius 1 is 1.64 bits per heavy atom. The molecule has 11 heavy (non-hydrogen) atoms. The van der Waals surface area contributed by atoms with E-state index < -0.39 is 0 Å². The van der Waals surface area contributed by atoms with E-state index in [4.69, 9.17) is 4.74 Å². The van der Waals surface area contributed by atoms with E-state index in [-0.39, 0.29) is 0 Å². The summed E-state index contributed by atoms with van der Waals surface area (Å²) in [6.07, 6.45) is 0.364. The molecule has 0 saturated heterocycles. The lowest BCUT2D eigenvalue weighted by atomic mass is 10.5. The van der Waals surface area contributed by atoms with Gasteiger partial charge in [0.15, 0.2) is 0 Å². The van der Waals surface area contributed by atoms with Gasteiger partial charge in [-0.15, -0.1) is 11.3 Å². The van der Waals surface area contributed by atoms with E-state index in [0.29, 0.717) is 15.2 Å². The highest BCUT2D eigenvalue weighted by molar-refractivity contribution is 7.15. The quantitative estimate of drug-likeness (QED) is 0.657. The van der Waals surface area contributed by atoms with Gasteiger partial charge in [0.05, 0.1) is 12.7 Å². The molecule has 0 fully saturated rings. The molecule has 1 rings (SSSR count). The lowest BCUT2D eigenvalue weighted by Gasteiger charge is -2.04. The molecule has 0 aromatic carbocycles. The number of rotatable bonds is 3. The molecule has 1 aromatic rings. The molecule has 3 heteroatoms. The van der Waals surface area contributed by atoms with Gasteiger partial charge in [0.25, 0.3) is 0 Å². The third-order valence-electron chi connectivity index (χ3n) is 1.35. The third kappa shape index (κ3) is 3.27. The normalized spacial score (nSPS) is 10.9. The largest absolute Gasteiger partial charge is 0.374 e. The van der Waals surface area contributed by atoms with Gasteiger partial charge in [-0.3, -0.25) is 0 Å². The molecular formula is C8H14OSSi. The van der Waals surface area contributed by atoms with Crippen molar-refractivity contribution in [1.29, 1.82) is 0 Å². The second-order valence-corrected chi connectivity index (χ2v) is 6.03. The maximum Gasteiger partial charge on any atom is 0.0767 e. The molecule has 0 amide bonds. The smallest absolute Gasteiger partial charge is 0.0767 e. The van der Waals surface area contributed by atoms with Crippen molar-refractivity contribution in [2.24, 2.45) is 0 Å². The Morgan fingerprint density at radius 3 is 2.82 bits per heavy atom. The van der Waals surface area contributed by atoms with Crippen LogP contribution in [0.1, 0.15) is 23.2 Å². The fourth-order valence-electron chi connectivity index (χ4n) is 0.811. The van der Waals surface area contributed by atoms with Crippen molar-refractivity contribution in [3.8, 4) is 0 Å². The SMILES string of the molecule is Cc1c[siH]c(COC(C)C)s1. The van der Waals surface area contributed by atoms with Crippen LogP contribution in [0.15, 0.2) is 5.68 Å². The van der Waals surface area contributed by atoms with E-state index in [2.05, 4.69) is 26.4 Å². The molecule has 0 bridgehead atoms. The number of ether oxygens (including phenoxy) is 1. The van der Waals surface area contributed by atoms with Crippen LogP contribution in [0, 0.1) is 6.92 Å². The summed E-state index contributed by atoms with van der Waals surface area (Å²) < 4.78 is 7.03. The minimum Gasteiger partial charge on any atom is -0.374 e. The Kier molecular flexibility index (Phi) is 3.42. The van der Waals surface area contributed by atoms with E-state index in [9.17, 15) is 0 Å². The molecular weight excluding hydrogens is 172 g/mol. The van der Waals surface area contributed by atoms with Crippen LogP contribution in [0.3, 0.4) is 0 Å². The highest BCUT2D eigenvalue weighted by Crippen LogP contribution is 2.12. The Morgan fingerprint density at radius 2 is 2.36 bits per heavy atom. The average Bonchev–Trinajstić information content (AvgIpc) is 2.31. The molecule has 0 atom stereocenters. The lowest BCUT2D eigenvalue weighted by molar-refractivity contribution is 0.0687. The van der Waals surface area contributed by atoms with Crippen molar-refractivity contribution >= 4 is 20.5 Å². The van der Waals surface area contributed by atoms with Crippen LogP contribution in [0.4, 0.5) is 0 Å². The predicted octanol–water partition coefficient (Wildman–Crippen LogP) is 2.05. The minimum absolute atomic E-state index is 0.364. The van der Waals surface area contributed by atoms with E-state index in [1.807, 2.05) is 11.3 Å². The van der Waals surface area contributed by atoms with Crippen LogP contribution >= 0.6 is 11.3 Å². The Labute approximate surface area is 74.1 Å². The van der Waals surface area contributed by atoms with Crippen molar-refractivity contribution in [2.75, 3.05) is 0 Å². The minimum atomic E-state index is 0.364. The number of hydrogen-bond donors (Lipinski definition) is 0. The molecule has 0 unspecified atom stereocenters. The van der Waals surface area contributed by atoms with Gasteiger partial charge >= 0.3 is 0 Å². The van der Waals surface area contributed by atoms with E-state index in [1.165, 1.54) is 9.37 Å². The molecule has 0 radical (unpaired) electrons. The zero-order valence-corrected chi connectivity index (χ0v) is 9.23. The van der Waals surface area contributed by atoms with Crippen molar-refractivity contribution < 1.29 is 4.74 Å². The summed E-state index contributed by atoms with van der Waals surface area (Å²) in [6, 6.07) is 0. The summed E-state index contributed by atoms with van der Waals surface area (Å²) in [6.45, 7) is 7.18. The molecule has 1 heterocycles. The van der Waals surface area contributed by atoms with Crippen LogP contribution < -0.4 is 0 Å². The van der Waals surface area contributed by atoms with Gasteiger partial charge in [0.1, 0.15) is 0 Å². The highest BCUT2D eigenvalue weighted by Gasteiger charge is 1.97. The molecule has 0 spiro atoms. The fraction of sp³-hybridized carbons (Fsp3) is 0.625. The van der Waals surface area contributed by atoms with Crippen LogP contribution in [-0.4, -0.2) is 15.2 Å². The highest BCUT2D eigenvalue weighted by atomic mass is 32.1. The summed E-state index contributed by atoms with van der Waals surface area (Å²) in [5.41, 5.74) is 2.34. The summed E-state index contributed by atoms with van der Waals surface area (Å²) in [5, 5.41) is 0. The van der Waals surface area contributed by atoms with Crippen LogP contribution in [-0.2, 0) is 11.3 Å². The molecule has 62 valence electrons. The third-order valence-corrected chi connectivity index (χ3v) is 4.40. The Bertz CT molecular complexity index is 220. The van der Waals surface area contributed by atoms with Gasteiger partial charge in [-0.05, 0) is 25.6 Å². The van der Waals surface area contributed by atoms with Crippen molar-refractivity contribution in [3.63, 3.8) is 0 Å². The topological polar surface area (TPSA) is 9.23 Å². The fourth-order valence-corrected chi connectivity index (χ4v) is 3.48. The zero-order chi connectivity index (χ0) is 8.27. The van der Waals surface area contributed by atoms with Gasteiger partial charge < -0.3 is 4.74 Å². The van der Waals surface area contributed by atoms with Crippen molar-refractivity contribution in [3.05, 3.63) is 15.0 Å². The summed E-state index contributed by atoms with van der Waals surface area (Å²) in [4.78, 5) is 1.45. The van der Waals surface area contributed by atoms with Crippen LogP contribution in [0.2, 0.25) is 0 Å². The van der Waals surface area contributed by atoms with Gasteiger partial charge in [0, 0.05) is 13.6 Å². The van der Waals surface area contributed by atoms with E-state index in [1.54, 1.807) is 0 Å². The monoisotopic (exact) mass is 186 g/mol. The average molecular weight is 186 g/mol. The molecule has 0 aliphatic rings. The molecule has 1 nitrogen and oxygen atoms in total. The van der Waals surface area contributed by atoms with Gasteiger partial charge in [-0.25, -0.2) is 0 Å². The maximum absolute atomic E-state index is 5.50. The predicted molar refractivity (Wildman–Crippen MR) is 51.7 cm³/mol. The standard InChI is InChI=1S/C8H14OSSi/c1-6(2)9-4-8-10-7(3)5-11-8/h5-6,11H,4H2,1-3H3. The Hall–Kier alpha value is 0.00688. The summed E-state index contributed by atoms with van der Waals surface area (Å²) >= 11 is 1.90. The maximum atomic E-state index is 5.50. The molecule has 1 aromatic heterocycles. The van der Waals surface area contributed by atoms with Crippen molar-refractivity contribution in [2.45, 2.75) is 33.5 Å². The summed E-state index contributed by atoms with van der Waals surface area (Å²) in [5.74, 6) is 0. The van der Waals surface area contributed by atoms with Crippen LogP contribution in [0.25, 0.3) is 0 Å². The Balaban J connectivity index is 2.39. The first-order valence-corrected chi connectivity index (χ1v) is 5.91. The van der Waals surface area contributed by atoms with Gasteiger partial charge in [-0.2, -0.15) is 0 Å². The van der Waals surface area contributed by atoms with E-state index in [0.717, 1.165) is 6.61 Å². The number of hydrogen-bond acceptors (Lipinski definition) is 2. The van der Waals surface area contributed by atoms with Gasteiger partial charge in [0.2, 0.25) is 0 Å². The molecule has 0 aliphatic carbocycles.